The Labute approximate surface area is 208 Å². The predicted octanol–water partition coefficient (Wildman–Crippen LogP) is 6.14. The zero-order valence-electron chi connectivity index (χ0n) is 19.2. The molecule has 1 amide bonds. The molecule has 5 nitrogen and oxygen atoms in total. The van der Waals surface area contributed by atoms with Crippen LogP contribution >= 0.6 is 0 Å². The van der Waals surface area contributed by atoms with Gasteiger partial charge in [0.25, 0.3) is 5.91 Å². The summed E-state index contributed by atoms with van der Waals surface area (Å²) in [4.78, 5) is 24.6. The van der Waals surface area contributed by atoms with E-state index in [1.807, 2.05) is 0 Å². The number of hydrogen-bond donors (Lipinski definition) is 2. The molecule has 0 fully saturated rings. The second-order valence-corrected chi connectivity index (χ2v) is 8.19. The Bertz CT molecular complexity index is 1150. The number of hydrogen-bond acceptors (Lipinski definition) is 3. The maximum atomic E-state index is 12.9. The number of rotatable bonds is 9. The minimum Gasteiger partial charge on any atom is -0.481 e. The Morgan fingerprint density at radius 3 is 1.51 bits per heavy atom. The van der Waals surface area contributed by atoms with Crippen LogP contribution in [0, 0.1) is 0 Å². The molecule has 0 saturated heterocycles. The molecule has 0 aliphatic heterocycles. The number of carbonyl (C=O) groups is 2. The Balaban J connectivity index is 1.82. The molecule has 0 atom stereocenters. The summed E-state index contributed by atoms with van der Waals surface area (Å²) in [5, 5.41) is 11.2. The second-order valence-electron chi connectivity index (χ2n) is 8.19. The van der Waals surface area contributed by atoms with Crippen LogP contribution in [0.4, 0.5) is 32.0 Å². The van der Waals surface area contributed by atoms with Crippen molar-refractivity contribution in [2.24, 2.45) is 0 Å². The topological polar surface area (TPSA) is 69.6 Å². The number of anilines is 1. The van der Waals surface area contributed by atoms with Crippen LogP contribution < -0.4 is 10.2 Å². The molecule has 3 rings (SSSR count). The molecule has 196 valence electrons. The van der Waals surface area contributed by atoms with Crippen molar-refractivity contribution < 1.29 is 41.0 Å². The fourth-order valence-electron chi connectivity index (χ4n) is 3.49. The van der Waals surface area contributed by atoms with Crippen LogP contribution in [-0.4, -0.2) is 23.5 Å². The van der Waals surface area contributed by atoms with Crippen LogP contribution in [0.3, 0.4) is 0 Å². The third kappa shape index (κ3) is 7.99. The summed E-state index contributed by atoms with van der Waals surface area (Å²) in [7, 11) is 0. The quantitative estimate of drug-likeness (QED) is 0.330. The summed E-state index contributed by atoms with van der Waals surface area (Å²) in [6, 6.07) is 15.3. The molecule has 11 heteroatoms. The molecule has 0 spiro atoms. The number of benzene rings is 3. The zero-order chi connectivity index (χ0) is 27.2. The summed E-state index contributed by atoms with van der Waals surface area (Å²) in [5.41, 5.74) is 0.304. The predicted molar refractivity (Wildman–Crippen MR) is 124 cm³/mol. The van der Waals surface area contributed by atoms with E-state index in [4.69, 9.17) is 5.11 Å². The molecule has 0 heterocycles. The van der Waals surface area contributed by atoms with E-state index in [-0.39, 0.29) is 31.6 Å². The van der Waals surface area contributed by atoms with Crippen molar-refractivity contribution in [2.45, 2.75) is 31.9 Å². The second kappa shape index (κ2) is 11.4. The number of nitrogens with one attached hydrogen (secondary N) is 1. The van der Waals surface area contributed by atoms with Crippen molar-refractivity contribution in [2.75, 3.05) is 11.4 Å². The first kappa shape index (κ1) is 27.6. The van der Waals surface area contributed by atoms with Crippen molar-refractivity contribution in [3.63, 3.8) is 0 Å². The molecule has 3 aromatic rings. The maximum absolute atomic E-state index is 12.9. The molecule has 0 saturated carbocycles. The number of aliphatic carboxylic acids is 1. The minimum atomic E-state index is -4.49. The fourth-order valence-corrected chi connectivity index (χ4v) is 3.49. The van der Waals surface area contributed by atoms with Gasteiger partial charge in [-0.25, -0.2) is 0 Å². The summed E-state index contributed by atoms with van der Waals surface area (Å²) in [5.74, 6) is -1.54. The van der Waals surface area contributed by atoms with Crippen LogP contribution in [0.1, 0.15) is 39.0 Å². The molecule has 0 radical (unpaired) electrons. The lowest BCUT2D eigenvalue weighted by Gasteiger charge is -2.26. The van der Waals surface area contributed by atoms with Gasteiger partial charge in [0.15, 0.2) is 0 Å². The van der Waals surface area contributed by atoms with Gasteiger partial charge in [0, 0.05) is 30.9 Å². The van der Waals surface area contributed by atoms with Crippen LogP contribution in [0.25, 0.3) is 0 Å². The van der Waals surface area contributed by atoms with Crippen LogP contribution in [0.2, 0.25) is 0 Å². The highest BCUT2D eigenvalue weighted by atomic mass is 19.4. The van der Waals surface area contributed by atoms with Crippen LogP contribution in [-0.2, 0) is 30.2 Å². The fraction of sp³-hybridized carbons (Fsp3) is 0.231. The first-order valence-electron chi connectivity index (χ1n) is 11.0. The summed E-state index contributed by atoms with van der Waals surface area (Å²) < 4.78 is 77.5. The molecule has 0 unspecified atom stereocenters. The van der Waals surface area contributed by atoms with E-state index < -0.39 is 35.4 Å². The number of carboxylic acids is 1. The lowest BCUT2D eigenvalue weighted by Crippen LogP contribution is -2.26. The first-order chi connectivity index (χ1) is 17.3. The molecule has 3 aromatic carbocycles. The van der Waals surface area contributed by atoms with Crippen molar-refractivity contribution in [1.29, 1.82) is 0 Å². The molecular formula is C26H22F6N2O3. The van der Waals surface area contributed by atoms with Gasteiger partial charge in [0.1, 0.15) is 0 Å². The minimum absolute atomic E-state index is 0.0517. The Morgan fingerprint density at radius 2 is 1.14 bits per heavy atom. The number of carbonyl (C=O) groups excluding carboxylic acids is 1. The number of amides is 1. The summed E-state index contributed by atoms with van der Waals surface area (Å²) >= 11 is 0. The normalized spacial score (nSPS) is 11.7. The SMILES string of the molecule is O=C(O)CCNC(=O)c1ccc(N(Cc2ccc(C(F)(F)F)cc2)Cc2ccc(C(F)(F)F)cc2)cc1. The van der Waals surface area contributed by atoms with E-state index in [1.54, 1.807) is 17.0 Å². The Morgan fingerprint density at radius 1 is 0.703 bits per heavy atom. The van der Waals surface area contributed by atoms with Gasteiger partial charge in [-0.15, -0.1) is 0 Å². The Kier molecular flexibility index (Phi) is 8.46. The van der Waals surface area contributed by atoms with E-state index in [0.717, 1.165) is 24.3 Å². The third-order valence-electron chi connectivity index (χ3n) is 5.43. The zero-order valence-corrected chi connectivity index (χ0v) is 19.2. The standard InChI is InChI=1S/C26H22F6N2O3/c27-25(28,29)20-7-1-17(2-8-20)15-34(16-18-3-9-21(10-4-18)26(30,31)32)22-11-5-19(6-12-22)24(37)33-14-13-23(35)36/h1-12H,13-16H2,(H,33,37)(H,35,36). The number of carboxylic acid groups (broad SMARTS) is 1. The van der Waals surface area contributed by atoms with Crippen molar-refractivity contribution in [3.8, 4) is 0 Å². The van der Waals surface area contributed by atoms with E-state index in [9.17, 15) is 35.9 Å². The van der Waals surface area contributed by atoms with Gasteiger partial charge >= 0.3 is 18.3 Å². The Hall–Kier alpha value is -4.02. The van der Waals surface area contributed by atoms with Crippen molar-refractivity contribution in [1.82, 2.24) is 5.32 Å². The number of alkyl halides is 6. The summed E-state index contributed by atoms with van der Waals surface area (Å²) in [6.45, 7) is 0.233. The number of halogens is 6. The highest BCUT2D eigenvalue weighted by Crippen LogP contribution is 2.31. The van der Waals surface area contributed by atoms with Crippen molar-refractivity contribution >= 4 is 17.6 Å². The van der Waals surface area contributed by atoms with Gasteiger partial charge in [-0.1, -0.05) is 24.3 Å². The first-order valence-corrected chi connectivity index (χ1v) is 11.0. The molecule has 2 N–H and O–H groups in total. The van der Waals surface area contributed by atoms with Gasteiger partial charge in [-0.3, -0.25) is 9.59 Å². The molecule has 0 aliphatic carbocycles. The van der Waals surface area contributed by atoms with Gasteiger partial charge in [-0.05, 0) is 59.7 Å². The molecule has 0 bridgehead atoms. The lowest BCUT2D eigenvalue weighted by atomic mass is 10.1. The maximum Gasteiger partial charge on any atom is 0.416 e. The lowest BCUT2D eigenvalue weighted by molar-refractivity contribution is -0.138. The highest BCUT2D eigenvalue weighted by Gasteiger charge is 2.31. The van der Waals surface area contributed by atoms with E-state index in [2.05, 4.69) is 5.32 Å². The monoisotopic (exact) mass is 524 g/mol. The van der Waals surface area contributed by atoms with E-state index >= 15 is 0 Å². The van der Waals surface area contributed by atoms with E-state index in [0.29, 0.717) is 16.8 Å². The third-order valence-corrected chi connectivity index (χ3v) is 5.43. The molecule has 0 aliphatic rings. The van der Waals surface area contributed by atoms with Gasteiger partial charge in [0.2, 0.25) is 0 Å². The average Bonchev–Trinajstić information content (AvgIpc) is 2.83. The van der Waals surface area contributed by atoms with Gasteiger partial charge < -0.3 is 15.3 Å². The largest absolute Gasteiger partial charge is 0.481 e. The van der Waals surface area contributed by atoms with Gasteiger partial charge in [0.05, 0.1) is 17.5 Å². The average molecular weight is 524 g/mol. The van der Waals surface area contributed by atoms with Gasteiger partial charge in [-0.2, -0.15) is 26.3 Å². The molecular weight excluding hydrogens is 502 g/mol. The highest BCUT2D eigenvalue weighted by molar-refractivity contribution is 5.94. The molecule has 0 aromatic heterocycles. The molecule has 37 heavy (non-hydrogen) atoms. The van der Waals surface area contributed by atoms with E-state index in [1.165, 1.54) is 36.4 Å². The number of nitrogens with zero attached hydrogens (tertiary/aromatic N) is 1. The van der Waals surface area contributed by atoms with Crippen LogP contribution in [0.5, 0.6) is 0 Å². The smallest absolute Gasteiger partial charge is 0.416 e. The van der Waals surface area contributed by atoms with Crippen molar-refractivity contribution in [3.05, 3.63) is 101 Å². The van der Waals surface area contributed by atoms with Crippen LogP contribution in [0.15, 0.2) is 72.8 Å². The summed E-state index contributed by atoms with van der Waals surface area (Å²) in [6.07, 6.45) is -9.21.